The van der Waals surface area contributed by atoms with Crippen molar-refractivity contribution in [3.8, 4) is 17.0 Å². The van der Waals surface area contributed by atoms with Crippen LogP contribution < -0.4 is 10.5 Å². The molecule has 0 saturated carbocycles. The molecule has 0 aliphatic carbocycles. The van der Waals surface area contributed by atoms with E-state index in [1.165, 1.54) is 0 Å². The summed E-state index contributed by atoms with van der Waals surface area (Å²) in [5.74, 6) is 0.749. The zero-order valence-electron chi connectivity index (χ0n) is 10.8. The van der Waals surface area contributed by atoms with Crippen LogP contribution in [0.3, 0.4) is 0 Å². The summed E-state index contributed by atoms with van der Waals surface area (Å²) >= 11 is 0. The minimum absolute atomic E-state index is 0.128. The van der Waals surface area contributed by atoms with Crippen LogP contribution in [-0.4, -0.2) is 16.1 Å². The van der Waals surface area contributed by atoms with E-state index < -0.39 is 0 Å². The van der Waals surface area contributed by atoms with Crippen molar-refractivity contribution in [1.82, 2.24) is 9.97 Å². The van der Waals surface area contributed by atoms with Gasteiger partial charge < -0.3 is 10.5 Å². The summed E-state index contributed by atoms with van der Waals surface area (Å²) in [6.45, 7) is 5.86. The van der Waals surface area contributed by atoms with Crippen LogP contribution in [-0.2, 0) is 0 Å². The van der Waals surface area contributed by atoms with Crippen LogP contribution in [0.2, 0.25) is 0 Å². The molecule has 0 spiro atoms. The zero-order valence-corrected chi connectivity index (χ0v) is 10.8. The van der Waals surface area contributed by atoms with E-state index in [9.17, 15) is 0 Å². The van der Waals surface area contributed by atoms with Gasteiger partial charge >= 0.3 is 0 Å². The van der Waals surface area contributed by atoms with Crippen molar-refractivity contribution in [1.29, 1.82) is 0 Å². The van der Waals surface area contributed by atoms with Crippen molar-refractivity contribution in [2.45, 2.75) is 26.9 Å². The molecular weight excluding hydrogens is 226 g/mol. The molecule has 0 fully saturated rings. The molecule has 0 radical (unpaired) electrons. The zero-order chi connectivity index (χ0) is 13.1. The van der Waals surface area contributed by atoms with Crippen LogP contribution in [0, 0.1) is 6.92 Å². The highest BCUT2D eigenvalue weighted by Crippen LogP contribution is 2.23. The number of pyridine rings is 2. The molecule has 2 heterocycles. The number of nitrogen functional groups attached to an aromatic ring is 1. The lowest BCUT2D eigenvalue weighted by Crippen LogP contribution is -2.05. The fourth-order valence-corrected chi connectivity index (χ4v) is 1.63. The number of hydrogen-bond donors (Lipinski definition) is 1. The Morgan fingerprint density at radius 1 is 1.22 bits per heavy atom. The molecule has 0 aliphatic heterocycles. The first-order valence-electron chi connectivity index (χ1n) is 5.91. The molecule has 0 unspecified atom stereocenters. The quantitative estimate of drug-likeness (QED) is 0.900. The highest BCUT2D eigenvalue weighted by Gasteiger charge is 2.05. The van der Waals surface area contributed by atoms with Crippen molar-refractivity contribution in [2.24, 2.45) is 0 Å². The Morgan fingerprint density at radius 2 is 2.00 bits per heavy atom. The van der Waals surface area contributed by atoms with Crippen LogP contribution in [0.15, 0.2) is 30.6 Å². The molecule has 94 valence electrons. The van der Waals surface area contributed by atoms with Gasteiger partial charge in [0, 0.05) is 11.8 Å². The summed E-state index contributed by atoms with van der Waals surface area (Å²) in [6, 6.07) is 5.68. The van der Waals surface area contributed by atoms with Gasteiger partial charge in [0.05, 0.1) is 29.4 Å². The Bertz CT molecular complexity index is 552. The van der Waals surface area contributed by atoms with Gasteiger partial charge in [-0.25, -0.2) is 0 Å². The fourth-order valence-electron chi connectivity index (χ4n) is 1.63. The number of nitrogens with zero attached hydrogens (tertiary/aromatic N) is 2. The number of ether oxygens (including phenoxy) is 1. The first-order valence-corrected chi connectivity index (χ1v) is 5.91. The standard InChI is InChI=1S/C14H17N3O/c1-9(2)18-12-6-11(7-16-8-12)14-5-4-13(15)10(3)17-14/h4-9H,15H2,1-3H3. The Kier molecular flexibility index (Phi) is 3.46. The summed E-state index contributed by atoms with van der Waals surface area (Å²) < 4.78 is 5.62. The van der Waals surface area contributed by atoms with Gasteiger partial charge in [-0.2, -0.15) is 0 Å². The molecule has 4 heteroatoms. The van der Waals surface area contributed by atoms with E-state index in [0.29, 0.717) is 5.69 Å². The maximum absolute atomic E-state index is 5.76. The Hall–Kier alpha value is -2.10. The van der Waals surface area contributed by atoms with E-state index in [4.69, 9.17) is 10.5 Å². The van der Waals surface area contributed by atoms with Gasteiger partial charge in [-0.1, -0.05) is 0 Å². The Labute approximate surface area is 107 Å². The predicted molar refractivity (Wildman–Crippen MR) is 72.4 cm³/mol. The smallest absolute Gasteiger partial charge is 0.138 e. The molecule has 0 atom stereocenters. The molecule has 0 amide bonds. The molecule has 0 bridgehead atoms. The van der Waals surface area contributed by atoms with Crippen molar-refractivity contribution in [3.63, 3.8) is 0 Å². The molecule has 0 aliphatic rings. The van der Waals surface area contributed by atoms with Crippen molar-refractivity contribution in [2.75, 3.05) is 5.73 Å². The monoisotopic (exact) mass is 243 g/mol. The third-order valence-corrected chi connectivity index (χ3v) is 2.51. The predicted octanol–water partition coefficient (Wildman–Crippen LogP) is 2.82. The highest BCUT2D eigenvalue weighted by molar-refractivity contribution is 5.62. The molecule has 2 rings (SSSR count). The molecule has 2 aromatic rings. The average Bonchev–Trinajstić information content (AvgIpc) is 2.32. The lowest BCUT2D eigenvalue weighted by molar-refractivity contribution is 0.241. The number of aryl methyl sites for hydroxylation is 1. The van der Waals surface area contributed by atoms with E-state index in [0.717, 1.165) is 22.7 Å². The lowest BCUT2D eigenvalue weighted by atomic mass is 10.1. The first-order chi connectivity index (χ1) is 8.56. The van der Waals surface area contributed by atoms with Crippen molar-refractivity contribution < 1.29 is 4.74 Å². The van der Waals surface area contributed by atoms with Gasteiger partial charge in [-0.05, 0) is 39.0 Å². The van der Waals surface area contributed by atoms with Crippen LogP contribution in [0.4, 0.5) is 5.69 Å². The van der Waals surface area contributed by atoms with Gasteiger partial charge in [0.1, 0.15) is 5.75 Å². The van der Waals surface area contributed by atoms with Gasteiger partial charge in [0.15, 0.2) is 0 Å². The third kappa shape index (κ3) is 2.77. The molecule has 0 saturated heterocycles. The first kappa shape index (κ1) is 12.4. The number of hydrogen-bond acceptors (Lipinski definition) is 4. The molecular formula is C14H17N3O. The second-order valence-corrected chi connectivity index (χ2v) is 4.45. The van der Waals surface area contributed by atoms with Crippen molar-refractivity contribution in [3.05, 3.63) is 36.3 Å². The van der Waals surface area contributed by atoms with Crippen LogP contribution in [0.1, 0.15) is 19.5 Å². The minimum atomic E-state index is 0.128. The van der Waals surface area contributed by atoms with Gasteiger partial charge in [0.25, 0.3) is 0 Å². The third-order valence-electron chi connectivity index (χ3n) is 2.51. The van der Waals surface area contributed by atoms with E-state index in [-0.39, 0.29) is 6.10 Å². The number of nitrogens with two attached hydrogens (primary N) is 1. The van der Waals surface area contributed by atoms with Gasteiger partial charge in [-0.3, -0.25) is 9.97 Å². The van der Waals surface area contributed by atoms with E-state index in [2.05, 4.69) is 9.97 Å². The maximum Gasteiger partial charge on any atom is 0.138 e. The normalized spacial score (nSPS) is 10.7. The number of rotatable bonds is 3. The van der Waals surface area contributed by atoms with Crippen molar-refractivity contribution >= 4 is 5.69 Å². The topological polar surface area (TPSA) is 61.0 Å². The largest absolute Gasteiger partial charge is 0.489 e. The Balaban J connectivity index is 2.35. The van der Waals surface area contributed by atoms with Gasteiger partial charge in [0.2, 0.25) is 0 Å². The Morgan fingerprint density at radius 3 is 2.67 bits per heavy atom. The van der Waals surface area contributed by atoms with Crippen LogP contribution >= 0.6 is 0 Å². The van der Waals surface area contributed by atoms with E-state index >= 15 is 0 Å². The summed E-state index contributed by atoms with van der Waals surface area (Å²) in [7, 11) is 0. The van der Waals surface area contributed by atoms with Crippen LogP contribution in [0.5, 0.6) is 5.75 Å². The molecule has 18 heavy (non-hydrogen) atoms. The molecule has 2 N–H and O–H groups in total. The summed E-state index contributed by atoms with van der Waals surface area (Å²) in [5, 5.41) is 0. The summed E-state index contributed by atoms with van der Waals surface area (Å²) in [4.78, 5) is 8.61. The van der Waals surface area contributed by atoms with Crippen LogP contribution in [0.25, 0.3) is 11.3 Å². The maximum atomic E-state index is 5.76. The molecule has 4 nitrogen and oxygen atoms in total. The lowest BCUT2D eigenvalue weighted by Gasteiger charge is -2.10. The van der Waals surface area contributed by atoms with E-state index in [1.807, 2.05) is 39.0 Å². The minimum Gasteiger partial charge on any atom is -0.489 e. The SMILES string of the molecule is Cc1nc(-c2cncc(OC(C)C)c2)ccc1N. The second kappa shape index (κ2) is 5.04. The van der Waals surface area contributed by atoms with E-state index in [1.54, 1.807) is 12.4 Å². The van der Waals surface area contributed by atoms with Gasteiger partial charge in [-0.15, -0.1) is 0 Å². The number of anilines is 1. The second-order valence-electron chi connectivity index (χ2n) is 4.45. The highest BCUT2D eigenvalue weighted by atomic mass is 16.5. The fraction of sp³-hybridized carbons (Fsp3) is 0.286. The molecule has 2 aromatic heterocycles. The number of aromatic nitrogens is 2. The molecule has 0 aromatic carbocycles. The summed E-state index contributed by atoms with van der Waals surface area (Å²) in [6.07, 6.45) is 3.60. The summed E-state index contributed by atoms with van der Waals surface area (Å²) in [5.41, 5.74) is 9.05. The average molecular weight is 243 g/mol.